The van der Waals surface area contributed by atoms with Crippen LogP contribution in [0, 0.1) is 11.3 Å². The molecule has 0 fully saturated rings. The van der Waals surface area contributed by atoms with E-state index in [9.17, 15) is 0 Å². The summed E-state index contributed by atoms with van der Waals surface area (Å²) in [6.45, 7) is 4.25. The van der Waals surface area contributed by atoms with E-state index in [0.29, 0.717) is 17.9 Å². The van der Waals surface area contributed by atoms with Gasteiger partial charge in [0.2, 0.25) is 0 Å². The highest BCUT2D eigenvalue weighted by molar-refractivity contribution is 5.36. The predicted molar refractivity (Wildman–Crippen MR) is 54.9 cm³/mol. The molecule has 1 rings (SSSR count). The van der Waals surface area contributed by atoms with Crippen molar-refractivity contribution in [3.8, 4) is 11.8 Å². The highest BCUT2D eigenvalue weighted by atomic mass is 16.5. The minimum absolute atomic E-state index is 0.395. The molecule has 0 bridgehead atoms. The number of hydrogen-bond donors (Lipinski definition) is 1. The molecule has 0 spiro atoms. The van der Waals surface area contributed by atoms with Crippen molar-refractivity contribution >= 4 is 0 Å². The third-order valence-corrected chi connectivity index (χ3v) is 1.85. The fourth-order valence-electron chi connectivity index (χ4n) is 0.990. The van der Waals surface area contributed by atoms with Crippen molar-refractivity contribution in [2.45, 2.75) is 19.4 Å². The Kier molecular flexibility index (Phi) is 3.10. The van der Waals surface area contributed by atoms with Gasteiger partial charge in [0.1, 0.15) is 11.4 Å². The van der Waals surface area contributed by atoms with E-state index in [-0.39, 0.29) is 0 Å². The number of nitrogens with two attached hydrogens (primary N) is 1. The topological polar surface area (TPSA) is 59.0 Å². The summed E-state index contributed by atoms with van der Waals surface area (Å²) in [6.07, 6.45) is 0. The summed E-state index contributed by atoms with van der Waals surface area (Å²) in [5.41, 5.74) is 5.73. The normalized spacial score (nSPS) is 10.7. The monoisotopic (exact) mass is 190 g/mol. The summed E-state index contributed by atoms with van der Waals surface area (Å²) in [5, 5.41) is 8.69. The van der Waals surface area contributed by atoms with Crippen molar-refractivity contribution in [2.75, 3.05) is 6.54 Å². The third-order valence-electron chi connectivity index (χ3n) is 1.85. The van der Waals surface area contributed by atoms with E-state index >= 15 is 0 Å². The van der Waals surface area contributed by atoms with Crippen LogP contribution >= 0.6 is 0 Å². The Balaban J connectivity index is 2.83. The Bertz CT molecular complexity index is 353. The van der Waals surface area contributed by atoms with Gasteiger partial charge in [-0.15, -0.1) is 0 Å². The second kappa shape index (κ2) is 4.12. The molecule has 0 unspecified atom stereocenters. The first-order valence-electron chi connectivity index (χ1n) is 4.47. The average Bonchev–Trinajstić information content (AvgIpc) is 2.17. The lowest BCUT2D eigenvalue weighted by atomic mass is 10.1. The lowest BCUT2D eigenvalue weighted by Crippen LogP contribution is -2.37. The quantitative estimate of drug-likeness (QED) is 0.788. The molecule has 3 heteroatoms. The molecule has 0 aromatic heterocycles. The average molecular weight is 190 g/mol. The maximum absolute atomic E-state index is 8.69. The molecule has 3 nitrogen and oxygen atoms in total. The van der Waals surface area contributed by atoms with Gasteiger partial charge in [-0.1, -0.05) is 6.07 Å². The minimum atomic E-state index is -0.395. The SMILES string of the molecule is CC(C)(CN)Oc1cccc(C#N)c1. The highest BCUT2D eigenvalue weighted by Gasteiger charge is 2.17. The predicted octanol–water partition coefficient (Wildman–Crippen LogP) is 1.67. The molecular formula is C11H14N2O. The number of rotatable bonds is 3. The third kappa shape index (κ3) is 2.75. The zero-order valence-corrected chi connectivity index (χ0v) is 8.45. The highest BCUT2D eigenvalue weighted by Crippen LogP contribution is 2.18. The van der Waals surface area contributed by atoms with Gasteiger partial charge in [0.25, 0.3) is 0 Å². The van der Waals surface area contributed by atoms with Crippen molar-refractivity contribution in [3.05, 3.63) is 29.8 Å². The Morgan fingerprint density at radius 3 is 2.79 bits per heavy atom. The first-order valence-corrected chi connectivity index (χ1v) is 4.47. The minimum Gasteiger partial charge on any atom is -0.487 e. The molecule has 0 aliphatic rings. The van der Waals surface area contributed by atoms with Crippen molar-refractivity contribution in [1.82, 2.24) is 0 Å². The summed E-state index contributed by atoms with van der Waals surface area (Å²) in [5.74, 6) is 0.680. The van der Waals surface area contributed by atoms with Crippen LogP contribution in [0.2, 0.25) is 0 Å². The number of benzene rings is 1. The molecule has 0 atom stereocenters. The largest absolute Gasteiger partial charge is 0.487 e. The van der Waals surface area contributed by atoms with E-state index in [1.54, 1.807) is 18.2 Å². The van der Waals surface area contributed by atoms with Gasteiger partial charge in [-0.3, -0.25) is 0 Å². The van der Waals surface area contributed by atoms with Crippen molar-refractivity contribution in [1.29, 1.82) is 5.26 Å². The summed E-state index contributed by atoms with van der Waals surface area (Å²) >= 11 is 0. The van der Waals surface area contributed by atoms with Crippen LogP contribution in [-0.2, 0) is 0 Å². The maximum Gasteiger partial charge on any atom is 0.121 e. The van der Waals surface area contributed by atoms with Gasteiger partial charge < -0.3 is 10.5 Å². The molecule has 0 aliphatic carbocycles. The Morgan fingerprint density at radius 2 is 2.21 bits per heavy atom. The zero-order valence-electron chi connectivity index (χ0n) is 8.45. The van der Waals surface area contributed by atoms with Crippen LogP contribution in [0.3, 0.4) is 0 Å². The molecule has 74 valence electrons. The fourth-order valence-corrected chi connectivity index (χ4v) is 0.990. The van der Waals surface area contributed by atoms with E-state index < -0.39 is 5.60 Å². The number of ether oxygens (including phenoxy) is 1. The van der Waals surface area contributed by atoms with Gasteiger partial charge in [0, 0.05) is 6.54 Å². The number of nitriles is 1. The molecule has 2 N–H and O–H groups in total. The lowest BCUT2D eigenvalue weighted by molar-refractivity contribution is 0.119. The number of nitrogens with zero attached hydrogens (tertiary/aromatic N) is 1. The fraction of sp³-hybridized carbons (Fsp3) is 0.364. The van der Waals surface area contributed by atoms with Crippen LogP contribution in [0.25, 0.3) is 0 Å². The molecule has 0 saturated carbocycles. The van der Waals surface area contributed by atoms with Gasteiger partial charge in [0.05, 0.1) is 11.6 Å². The molecule has 1 aromatic rings. The van der Waals surface area contributed by atoms with E-state index in [2.05, 4.69) is 6.07 Å². The van der Waals surface area contributed by atoms with Gasteiger partial charge >= 0.3 is 0 Å². The second-order valence-corrected chi connectivity index (χ2v) is 3.71. The van der Waals surface area contributed by atoms with Gasteiger partial charge in [-0.25, -0.2) is 0 Å². The van der Waals surface area contributed by atoms with E-state index in [1.165, 1.54) is 0 Å². The van der Waals surface area contributed by atoms with Crippen LogP contribution in [-0.4, -0.2) is 12.1 Å². The van der Waals surface area contributed by atoms with Crippen LogP contribution in [0.15, 0.2) is 24.3 Å². The first kappa shape index (κ1) is 10.6. The summed E-state index contributed by atoms with van der Waals surface area (Å²) in [7, 11) is 0. The zero-order chi connectivity index (χ0) is 10.6. The summed E-state index contributed by atoms with van der Waals surface area (Å²) < 4.78 is 5.62. The van der Waals surface area contributed by atoms with Crippen LogP contribution < -0.4 is 10.5 Å². The first-order chi connectivity index (χ1) is 6.57. The Morgan fingerprint density at radius 1 is 1.50 bits per heavy atom. The van der Waals surface area contributed by atoms with Gasteiger partial charge in [-0.2, -0.15) is 5.26 Å². The lowest BCUT2D eigenvalue weighted by Gasteiger charge is -2.24. The van der Waals surface area contributed by atoms with Gasteiger partial charge in [0.15, 0.2) is 0 Å². The second-order valence-electron chi connectivity index (χ2n) is 3.71. The Labute approximate surface area is 84.1 Å². The molecule has 0 radical (unpaired) electrons. The molecule has 0 saturated heterocycles. The standard InChI is InChI=1S/C11H14N2O/c1-11(2,8-13)14-10-5-3-4-9(6-10)7-12/h3-6H,8,13H2,1-2H3. The molecular weight excluding hydrogens is 176 g/mol. The van der Waals surface area contributed by atoms with Crippen LogP contribution in [0.4, 0.5) is 0 Å². The van der Waals surface area contributed by atoms with E-state index in [0.717, 1.165) is 0 Å². The molecule has 0 amide bonds. The molecule has 1 aromatic carbocycles. The summed E-state index contributed by atoms with van der Waals surface area (Å²) in [6, 6.07) is 9.11. The maximum atomic E-state index is 8.69. The molecule has 0 heterocycles. The van der Waals surface area contributed by atoms with Crippen LogP contribution in [0.5, 0.6) is 5.75 Å². The van der Waals surface area contributed by atoms with Crippen molar-refractivity contribution in [2.24, 2.45) is 5.73 Å². The van der Waals surface area contributed by atoms with E-state index in [4.69, 9.17) is 15.7 Å². The molecule has 0 aliphatic heterocycles. The van der Waals surface area contributed by atoms with E-state index in [1.807, 2.05) is 19.9 Å². The molecule has 14 heavy (non-hydrogen) atoms. The van der Waals surface area contributed by atoms with Crippen molar-refractivity contribution in [3.63, 3.8) is 0 Å². The van der Waals surface area contributed by atoms with Crippen LogP contribution in [0.1, 0.15) is 19.4 Å². The Hall–Kier alpha value is -1.53. The number of hydrogen-bond acceptors (Lipinski definition) is 3. The van der Waals surface area contributed by atoms with Gasteiger partial charge in [-0.05, 0) is 32.0 Å². The summed E-state index contributed by atoms with van der Waals surface area (Å²) in [4.78, 5) is 0. The van der Waals surface area contributed by atoms with Crippen molar-refractivity contribution < 1.29 is 4.74 Å². The smallest absolute Gasteiger partial charge is 0.121 e.